The number of hydrogen-bond acceptors (Lipinski definition) is 2. The van der Waals surface area contributed by atoms with Gasteiger partial charge >= 0.3 is 6.18 Å². The van der Waals surface area contributed by atoms with Gasteiger partial charge in [-0.15, -0.1) is 5.10 Å². The van der Waals surface area contributed by atoms with Gasteiger partial charge in [0.2, 0.25) is 0 Å². The van der Waals surface area contributed by atoms with E-state index in [4.69, 9.17) is 0 Å². The lowest BCUT2D eigenvalue weighted by Gasteiger charge is -2.11. The molecule has 0 N–H and O–H groups in total. The normalized spacial score (nSPS) is 14.1. The van der Waals surface area contributed by atoms with E-state index in [9.17, 15) is 13.2 Å². The first-order chi connectivity index (χ1) is 7.79. The molecule has 0 radical (unpaired) electrons. The Morgan fingerprint density at radius 2 is 1.88 bits per heavy atom. The van der Waals surface area contributed by atoms with Crippen LogP contribution in [-0.4, -0.2) is 15.0 Å². The molecule has 0 amide bonds. The lowest BCUT2D eigenvalue weighted by Crippen LogP contribution is -2.12. The van der Waals surface area contributed by atoms with Crippen molar-refractivity contribution in [2.45, 2.75) is 37.7 Å². The second-order valence-corrected chi connectivity index (χ2v) is 5.63. The summed E-state index contributed by atoms with van der Waals surface area (Å²) in [4.78, 5) is 0.216. The number of hydrogen-bond donors (Lipinski definition) is 0. The van der Waals surface area contributed by atoms with Crippen LogP contribution in [0.2, 0.25) is 0 Å². The van der Waals surface area contributed by atoms with Crippen LogP contribution in [0.1, 0.15) is 31.7 Å². The summed E-state index contributed by atoms with van der Waals surface area (Å²) in [6.07, 6.45) is -2.89. The molecule has 1 heterocycles. The van der Waals surface area contributed by atoms with Crippen molar-refractivity contribution in [2.75, 3.05) is 0 Å². The van der Waals surface area contributed by atoms with Gasteiger partial charge in [0.15, 0.2) is 5.69 Å². The first-order valence-electron chi connectivity index (χ1n) is 5.33. The Bertz CT molecular complexity index is 349. The Labute approximate surface area is 107 Å². The Kier molecular flexibility index (Phi) is 4.91. The van der Waals surface area contributed by atoms with Gasteiger partial charge < -0.3 is 0 Å². The van der Waals surface area contributed by atoms with Gasteiger partial charge in [-0.1, -0.05) is 29.8 Å². The van der Waals surface area contributed by atoms with Crippen molar-refractivity contribution in [1.82, 2.24) is 10.2 Å². The molecule has 0 aliphatic heterocycles. The highest BCUT2D eigenvalue weighted by Crippen LogP contribution is 2.27. The van der Waals surface area contributed by atoms with E-state index < -0.39 is 11.9 Å². The van der Waals surface area contributed by atoms with Crippen LogP contribution in [0.3, 0.4) is 0 Å². The van der Waals surface area contributed by atoms with E-state index >= 15 is 0 Å². The predicted molar refractivity (Wildman–Crippen MR) is 62.9 cm³/mol. The van der Waals surface area contributed by atoms with Gasteiger partial charge in [-0.25, -0.2) is 0 Å². The molecule has 1 aromatic heterocycles. The van der Waals surface area contributed by atoms with Gasteiger partial charge in [0.25, 0.3) is 0 Å². The quantitative estimate of drug-likeness (QED) is 0.789. The maximum Gasteiger partial charge on any atom is 0.435 e. The Morgan fingerprint density at radius 3 is 2.29 bits per heavy atom. The number of alkyl halides is 4. The highest BCUT2D eigenvalue weighted by Gasteiger charge is 2.32. The zero-order valence-electron chi connectivity index (χ0n) is 9.63. The minimum absolute atomic E-state index is 0.216. The molecular weight excluding hydrogens is 297 g/mol. The summed E-state index contributed by atoms with van der Waals surface area (Å²) >= 11 is 3.48. The zero-order valence-corrected chi connectivity index (χ0v) is 11.2. The molecule has 0 fully saturated rings. The van der Waals surface area contributed by atoms with Crippen LogP contribution in [0, 0.1) is 5.92 Å². The van der Waals surface area contributed by atoms with Crippen molar-refractivity contribution in [2.24, 2.45) is 5.92 Å². The van der Waals surface area contributed by atoms with Gasteiger partial charge in [0, 0.05) is 11.2 Å². The van der Waals surface area contributed by atoms with E-state index in [1.54, 1.807) is 0 Å². The molecule has 0 aliphatic rings. The standard InChI is InChI=1S/C11H14BrF3N2/c1-7(2)5-8(12)6-9-3-4-10(17-16-9)11(13,14)15/h3-4,7-8H,5-6H2,1-2H3. The monoisotopic (exact) mass is 310 g/mol. The molecule has 2 nitrogen and oxygen atoms in total. The van der Waals surface area contributed by atoms with Crippen molar-refractivity contribution >= 4 is 15.9 Å². The molecule has 0 aromatic carbocycles. The summed E-state index contributed by atoms with van der Waals surface area (Å²) in [5, 5.41) is 6.78. The lowest BCUT2D eigenvalue weighted by molar-refractivity contribution is -0.141. The van der Waals surface area contributed by atoms with Crippen molar-refractivity contribution in [3.05, 3.63) is 23.5 Å². The molecule has 0 aliphatic carbocycles. The summed E-state index contributed by atoms with van der Waals surface area (Å²) in [7, 11) is 0. The lowest BCUT2D eigenvalue weighted by atomic mass is 10.1. The molecule has 6 heteroatoms. The smallest absolute Gasteiger partial charge is 0.164 e. The van der Waals surface area contributed by atoms with Crippen molar-refractivity contribution in [3.63, 3.8) is 0 Å². The maximum atomic E-state index is 12.2. The van der Waals surface area contributed by atoms with Crippen LogP contribution in [0.25, 0.3) is 0 Å². The number of nitrogens with zero attached hydrogens (tertiary/aromatic N) is 2. The Morgan fingerprint density at radius 1 is 1.24 bits per heavy atom. The van der Waals surface area contributed by atoms with Gasteiger partial charge in [-0.2, -0.15) is 18.3 Å². The molecule has 0 bridgehead atoms. The van der Waals surface area contributed by atoms with E-state index in [0.29, 0.717) is 18.0 Å². The second-order valence-electron chi connectivity index (χ2n) is 4.34. The van der Waals surface area contributed by atoms with Gasteiger partial charge in [-0.05, 0) is 24.5 Å². The van der Waals surface area contributed by atoms with Crippen molar-refractivity contribution in [3.8, 4) is 0 Å². The van der Waals surface area contributed by atoms with Gasteiger partial charge in [0.05, 0.1) is 5.69 Å². The largest absolute Gasteiger partial charge is 0.435 e. The van der Waals surface area contributed by atoms with Crippen LogP contribution in [0.4, 0.5) is 13.2 Å². The highest BCUT2D eigenvalue weighted by molar-refractivity contribution is 9.09. The average Bonchev–Trinajstić information content (AvgIpc) is 2.15. The third-order valence-electron chi connectivity index (χ3n) is 2.17. The van der Waals surface area contributed by atoms with Crippen LogP contribution in [-0.2, 0) is 12.6 Å². The predicted octanol–water partition coefficient (Wildman–Crippen LogP) is 3.85. The minimum Gasteiger partial charge on any atom is -0.164 e. The zero-order chi connectivity index (χ0) is 13.1. The summed E-state index contributed by atoms with van der Waals surface area (Å²) < 4.78 is 36.7. The fraction of sp³-hybridized carbons (Fsp3) is 0.636. The molecule has 0 saturated carbocycles. The fourth-order valence-corrected chi connectivity index (χ4v) is 2.52. The summed E-state index contributed by atoms with van der Waals surface area (Å²) in [5.41, 5.74) is -0.378. The molecule has 96 valence electrons. The van der Waals surface area contributed by atoms with E-state index in [2.05, 4.69) is 40.0 Å². The summed E-state index contributed by atoms with van der Waals surface area (Å²) in [6.45, 7) is 4.18. The SMILES string of the molecule is CC(C)CC(Br)Cc1ccc(C(F)(F)F)nn1. The second kappa shape index (κ2) is 5.80. The number of aromatic nitrogens is 2. The molecule has 1 rings (SSSR count). The molecular formula is C11H14BrF3N2. The topological polar surface area (TPSA) is 25.8 Å². The van der Waals surface area contributed by atoms with Crippen LogP contribution in [0.5, 0.6) is 0 Å². The van der Waals surface area contributed by atoms with Crippen LogP contribution >= 0.6 is 15.9 Å². The molecule has 1 atom stereocenters. The summed E-state index contributed by atoms with van der Waals surface area (Å²) in [6, 6.07) is 2.35. The van der Waals surface area contributed by atoms with Gasteiger partial charge in [-0.3, -0.25) is 0 Å². The maximum absolute atomic E-state index is 12.2. The van der Waals surface area contributed by atoms with E-state index in [1.165, 1.54) is 6.07 Å². The van der Waals surface area contributed by atoms with Crippen LogP contribution in [0.15, 0.2) is 12.1 Å². The number of halogens is 4. The fourth-order valence-electron chi connectivity index (χ4n) is 1.44. The van der Waals surface area contributed by atoms with Gasteiger partial charge in [0.1, 0.15) is 0 Å². The third-order valence-corrected chi connectivity index (χ3v) is 2.87. The summed E-state index contributed by atoms with van der Waals surface area (Å²) in [5.74, 6) is 0.529. The Balaban J connectivity index is 2.63. The van der Waals surface area contributed by atoms with E-state index in [1.807, 2.05) is 0 Å². The minimum atomic E-state index is -4.42. The molecule has 0 saturated heterocycles. The third kappa shape index (κ3) is 5.02. The first-order valence-corrected chi connectivity index (χ1v) is 6.24. The molecule has 17 heavy (non-hydrogen) atoms. The molecule has 1 aromatic rings. The van der Waals surface area contributed by atoms with E-state index in [0.717, 1.165) is 12.5 Å². The highest BCUT2D eigenvalue weighted by atomic mass is 79.9. The van der Waals surface area contributed by atoms with Crippen LogP contribution < -0.4 is 0 Å². The van der Waals surface area contributed by atoms with Crippen molar-refractivity contribution < 1.29 is 13.2 Å². The molecule has 1 unspecified atom stereocenters. The number of rotatable bonds is 4. The average molecular weight is 311 g/mol. The Hall–Kier alpha value is -0.650. The molecule has 0 spiro atoms. The van der Waals surface area contributed by atoms with E-state index in [-0.39, 0.29) is 4.83 Å². The first kappa shape index (κ1) is 14.4. The van der Waals surface area contributed by atoms with Crippen molar-refractivity contribution in [1.29, 1.82) is 0 Å².